The second kappa shape index (κ2) is 7.43. The van der Waals surface area contributed by atoms with Gasteiger partial charge < -0.3 is 15.2 Å². The van der Waals surface area contributed by atoms with Gasteiger partial charge in [-0.05, 0) is 49.8 Å². The lowest BCUT2D eigenvalue weighted by Gasteiger charge is -2.39. The summed E-state index contributed by atoms with van der Waals surface area (Å²) in [6.07, 6.45) is 4.50. The zero-order chi connectivity index (χ0) is 14.4. The van der Waals surface area contributed by atoms with Crippen molar-refractivity contribution in [3.8, 4) is 5.75 Å². The summed E-state index contributed by atoms with van der Waals surface area (Å²) < 4.78 is 6.74. The van der Waals surface area contributed by atoms with Gasteiger partial charge in [0.15, 0.2) is 0 Å². The first kappa shape index (κ1) is 15.8. The molecular weight excluding hydrogens is 318 g/mol. The molecular formula is C16H24BrNO2. The van der Waals surface area contributed by atoms with Crippen LogP contribution in [0.4, 0.5) is 0 Å². The number of aliphatic hydroxyl groups excluding tert-OH is 1. The Hall–Kier alpha value is -0.580. The van der Waals surface area contributed by atoms with E-state index in [1.807, 2.05) is 24.3 Å². The van der Waals surface area contributed by atoms with E-state index in [0.29, 0.717) is 6.61 Å². The molecule has 2 rings (SSSR count). The molecule has 0 atom stereocenters. The summed E-state index contributed by atoms with van der Waals surface area (Å²) in [6.45, 7) is 3.89. The second-order valence-corrected chi connectivity index (χ2v) is 6.77. The highest BCUT2D eigenvalue weighted by atomic mass is 79.9. The Morgan fingerprint density at radius 2 is 2.15 bits per heavy atom. The minimum absolute atomic E-state index is 0.0901. The first-order valence-electron chi connectivity index (χ1n) is 7.38. The zero-order valence-electron chi connectivity index (χ0n) is 12.1. The number of rotatable bonds is 6. The van der Waals surface area contributed by atoms with Gasteiger partial charge in [0.25, 0.3) is 0 Å². The van der Waals surface area contributed by atoms with Gasteiger partial charge in [-0.2, -0.15) is 0 Å². The van der Waals surface area contributed by atoms with Crippen LogP contribution in [0.5, 0.6) is 5.75 Å². The van der Waals surface area contributed by atoms with Gasteiger partial charge in [-0.3, -0.25) is 0 Å². The Balaban J connectivity index is 1.74. The SMILES string of the molecule is CC1CCC(CO)(NCCOc2cccc(Br)c2)CC1. The van der Waals surface area contributed by atoms with Gasteiger partial charge in [0.2, 0.25) is 0 Å². The Morgan fingerprint density at radius 1 is 1.40 bits per heavy atom. The minimum atomic E-state index is -0.0901. The molecule has 1 aliphatic carbocycles. The molecule has 0 spiro atoms. The smallest absolute Gasteiger partial charge is 0.120 e. The van der Waals surface area contributed by atoms with Crippen LogP contribution in [0.2, 0.25) is 0 Å². The Kier molecular flexibility index (Phi) is 5.87. The standard InChI is InChI=1S/C16H24BrNO2/c1-13-5-7-16(12-19,8-6-13)18-9-10-20-15-4-2-3-14(17)11-15/h2-4,11,13,18-19H,5-10,12H2,1H3. The molecule has 0 saturated heterocycles. The molecule has 1 aromatic rings. The fraction of sp³-hybridized carbons (Fsp3) is 0.625. The maximum atomic E-state index is 9.67. The van der Waals surface area contributed by atoms with Crippen LogP contribution in [0, 0.1) is 5.92 Å². The van der Waals surface area contributed by atoms with E-state index in [2.05, 4.69) is 28.2 Å². The highest BCUT2D eigenvalue weighted by Gasteiger charge is 2.32. The van der Waals surface area contributed by atoms with Gasteiger partial charge in [0, 0.05) is 16.6 Å². The summed E-state index contributed by atoms with van der Waals surface area (Å²) >= 11 is 3.43. The number of halogens is 1. The molecule has 1 aliphatic rings. The van der Waals surface area contributed by atoms with Gasteiger partial charge in [-0.25, -0.2) is 0 Å². The van der Waals surface area contributed by atoms with Crippen LogP contribution < -0.4 is 10.1 Å². The molecule has 0 aromatic heterocycles. The van der Waals surface area contributed by atoms with Crippen LogP contribution in [0.3, 0.4) is 0 Å². The third-order valence-electron chi connectivity index (χ3n) is 4.20. The van der Waals surface area contributed by atoms with E-state index in [1.54, 1.807) is 0 Å². The second-order valence-electron chi connectivity index (χ2n) is 5.85. The molecule has 1 fully saturated rings. The first-order chi connectivity index (χ1) is 9.63. The lowest BCUT2D eigenvalue weighted by atomic mass is 9.77. The summed E-state index contributed by atoms with van der Waals surface area (Å²) in [4.78, 5) is 0. The van der Waals surface area contributed by atoms with Crippen molar-refractivity contribution in [3.05, 3.63) is 28.7 Å². The molecule has 0 unspecified atom stereocenters. The van der Waals surface area contributed by atoms with Crippen LogP contribution in [-0.2, 0) is 0 Å². The fourth-order valence-electron chi connectivity index (χ4n) is 2.75. The van der Waals surface area contributed by atoms with Gasteiger partial charge in [-0.15, -0.1) is 0 Å². The van der Waals surface area contributed by atoms with Crippen molar-refractivity contribution in [3.63, 3.8) is 0 Å². The van der Waals surface area contributed by atoms with E-state index in [0.717, 1.165) is 35.5 Å². The van der Waals surface area contributed by atoms with Crippen LogP contribution in [0.15, 0.2) is 28.7 Å². The molecule has 0 radical (unpaired) electrons. The lowest BCUT2D eigenvalue weighted by molar-refractivity contribution is 0.101. The number of hydrogen-bond acceptors (Lipinski definition) is 3. The number of hydrogen-bond donors (Lipinski definition) is 2. The molecule has 1 aromatic carbocycles. The third-order valence-corrected chi connectivity index (χ3v) is 4.69. The van der Waals surface area contributed by atoms with E-state index < -0.39 is 0 Å². The Bertz CT molecular complexity index is 417. The molecule has 112 valence electrons. The largest absolute Gasteiger partial charge is 0.492 e. The van der Waals surface area contributed by atoms with Gasteiger partial charge in [0.1, 0.15) is 12.4 Å². The summed E-state index contributed by atoms with van der Waals surface area (Å²) in [7, 11) is 0. The average Bonchev–Trinajstić information content (AvgIpc) is 2.46. The average molecular weight is 342 g/mol. The van der Waals surface area contributed by atoms with Crippen LogP contribution >= 0.6 is 15.9 Å². The van der Waals surface area contributed by atoms with Crippen LogP contribution in [0.25, 0.3) is 0 Å². The van der Waals surface area contributed by atoms with E-state index >= 15 is 0 Å². The minimum Gasteiger partial charge on any atom is -0.492 e. The highest BCUT2D eigenvalue weighted by Crippen LogP contribution is 2.31. The van der Waals surface area contributed by atoms with E-state index in [1.165, 1.54) is 12.8 Å². The van der Waals surface area contributed by atoms with E-state index in [-0.39, 0.29) is 12.1 Å². The Morgan fingerprint density at radius 3 is 2.80 bits per heavy atom. The highest BCUT2D eigenvalue weighted by molar-refractivity contribution is 9.10. The van der Waals surface area contributed by atoms with Gasteiger partial charge in [0.05, 0.1) is 6.61 Å². The van der Waals surface area contributed by atoms with Crippen molar-refractivity contribution >= 4 is 15.9 Å². The summed E-state index contributed by atoms with van der Waals surface area (Å²) in [5, 5.41) is 13.2. The number of aliphatic hydroxyl groups is 1. The van der Waals surface area contributed by atoms with Crippen molar-refractivity contribution in [2.24, 2.45) is 5.92 Å². The van der Waals surface area contributed by atoms with Crippen molar-refractivity contribution in [1.82, 2.24) is 5.32 Å². The number of ether oxygens (including phenoxy) is 1. The third kappa shape index (κ3) is 4.47. The Labute approximate surface area is 129 Å². The predicted molar refractivity (Wildman–Crippen MR) is 85.1 cm³/mol. The van der Waals surface area contributed by atoms with Gasteiger partial charge in [-0.1, -0.05) is 28.9 Å². The first-order valence-corrected chi connectivity index (χ1v) is 8.17. The quantitative estimate of drug-likeness (QED) is 0.779. The monoisotopic (exact) mass is 341 g/mol. The normalized spacial score (nSPS) is 26.4. The van der Waals surface area contributed by atoms with E-state index in [4.69, 9.17) is 4.74 Å². The molecule has 3 nitrogen and oxygen atoms in total. The maximum Gasteiger partial charge on any atom is 0.120 e. The molecule has 0 bridgehead atoms. The van der Waals surface area contributed by atoms with Crippen LogP contribution in [0.1, 0.15) is 32.6 Å². The van der Waals surface area contributed by atoms with E-state index in [9.17, 15) is 5.11 Å². The van der Waals surface area contributed by atoms with Crippen molar-refractivity contribution < 1.29 is 9.84 Å². The lowest BCUT2D eigenvalue weighted by Crippen LogP contribution is -2.51. The molecule has 4 heteroatoms. The molecule has 0 heterocycles. The van der Waals surface area contributed by atoms with Crippen molar-refractivity contribution in [2.45, 2.75) is 38.1 Å². The molecule has 0 aliphatic heterocycles. The number of nitrogens with one attached hydrogen (secondary N) is 1. The zero-order valence-corrected chi connectivity index (χ0v) is 13.7. The van der Waals surface area contributed by atoms with Crippen LogP contribution in [-0.4, -0.2) is 30.4 Å². The molecule has 0 amide bonds. The summed E-state index contributed by atoms with van der Waals surface area (Å²) in [5.74, 6) is 1.66. The fourth-order valence-corrected chi connectivity index (χ4v) is 3.13. The summed E-state index contributed by atoms with van der Waals surface area (Å²) in [6, 6.07) is 7.86. The maximum absolute atomic E-state index is 9.67. The predicted octanol–water partition coefficient (Wildman–Crippen LogP) is 3.36. The topological polar surface area (TPSA) is 41.5 Å². The molecule has 20 heavy (non-hydrogen) atoms. The summed E-state index contributed by atoms with van der Waals surface area (Å²) in [5.41, 5.74) is -0.0901. The molecule has 1 saturated carbocycles. The number of benzene rings is 1. The molecule has 2 N–H and O–H groups in total. The van der Waals surface area contributed by atoms with Crippen molar-refractivity contribution in [1.29, 1.82) is 0 Å². The van der Waals surface area contributed by atoms with Crippen molar-refractivity contribution in [2.75, 3.05) is 19.8 Å². The van der Waals surface area contributed by atoms with Gasteiger partial charge >= 0.3 is 0 Å².